The Hall–Kier alpha value is -3.20. The molecule has 0 aliphatic carbocycles. The van der Waals surface area contributed by atoms with Crippen molar-refractivity contribution in [2.24, 2.45) is 4.99 Å². The lowest BCUT2D eigenvalue weighted by molar-refractivity contribution is -0.130. The second-order valence-electron chi connectivity index (χ2n) is 7.39. The number of hydrogen-bond donors (Lipinski definition) is 2. The molecule has 3 rings (SSSR count). The van der Waals surface area contributed by atoms with Gasteiger partial charge in [-0.3, -0.25) is 24.5 Å². The number of carbonyl (C=O) groups is 1. The summed E-state index contributed by atoms with van der Waals surface area (Å²) in [6, 6.07) is 7.10. The van der Waals surface area contributed by atoms with Gasteiger partial charge >= 0.3 is 5.69 Å². The van der Waals surface area contributed by atoms with E-state index in [0.717, 1.165) is 23.2 Å². The van der Waals surface area contributed by atoms with E-state index in [9.17, 15) is 19.5 Å². The molecule has 1 aliphatic heterocycles. The van der Waals surface area contributed by atoms with Crippen molar-refractivity contribution in [2.75, 3.05) is 39.3 Å². The Morgan fingerprint density at radius 1 is 1.13 bits per heavy atom. The number of aryl methyl sites for hydroxylation is 1. The fourth-order valence-corrected chi connectivity index (χ4v) is 3.61. The molecule has 0 atom stereocenters. The fourth-order valence-electron chi connectivity index (χ4n) is 3.61. The molecule has 9 heteroatoms. The molecule has 0 saturated carbocycles. The molecule has 9 nitrogen and oxygen atoms in total. The maximum absolute atomic E-state index is 12.4. The van der Waals surface area contributed by atoms with Crippen molar-refractivity contribution in [1.82, 2.24) is 19.4 Å². The van der Waals surface area contributed by atoms with Gasteiger partial charge in [-0.15, -0.1) is 0 Å². The quantitative estimate of drug-likeness (QED) is 0.694. The van der Waals surface area contributed by atoms with Crippen LogP contribution >= 0.6 is 0 Å². The summed E-state index contributed by atoms with van der Waals surface area (Å²) < 4.78 is 1.09. The van der Waals surface area contributed by atoms with Crippen molar-refractivity contribution < 1.29 is 9.90 Å². The number of aromatic nitrogens is 2. The zero-order valence-corrected chi connectivity index (χ0v) is 17.5. The lowest BCUT2D eigenvalue weighted by atomic mass is 10.1. The first-order chi connectivity index (χ1) is 14.3. The Labute approximate surface area is 174 Å². The highest BCUT2D eigenvalue weighted by Crippen LogP contribution is 2.19. The Balaban J connectivity index is 1.79. The zero-order chi connectivity index (χ0) is 21.8. The average molecular weight is 413 g/mol. The number of aromatic hydroxyl groups is 1. The summed E-state index contributed by atoms with van der Waals surface area (Å²) in [7, 11) is 0. The Morgan fingerprint density at radius 3 is 2.43 bits per heavy atom. The average Bonchev–Trinajstić information content (AvgIpc) is 2.69. The molecule has 160 valence electrons. The first-order valence-corrected chi connectivity index (χ1v) is 9.93. The van der Waals surface area contributed by atoms with Gasteiger partial charge in [0.25, 0.3) is 5.56 Å². The maximum atomic E-state index is 12.4. The summed E-state index contributed by atoms with van der Waals surface area (Å²) in [4.78, 5) is 46.9. The standard InChI is InChI=1S/C21H27N5O4/c1-14-6-4-5-7-17(14)26-20(29)18(19(28)23-21(26)30)15(2)22-8-9-24-10-12-25(13-11-24)16(3)27/h4-7,29H,8-13H2,1-3H3,(H,23,28,30). The van der Waals surface area contributed by atoms with Crippen molar-refractivity contribution in [3.05, 3.63) is 56.2 Å². The van der Waals surface area contributed by atoms with Gasteiger partial charge in [-0.1, -0.05) is 18.2 Å². The number of amides is 1. The molecule has 1 aliphatic rings. The van der Waals surface area contributed by atoms with Crippen LogP contribution in [0, 0.1) is 6.92 Å². The van der Waals surface area contributed by atoms with Gasteiger partial charge in [0.15, 0.2) is 0 Å². The smallest absolute Gasteiger partial charge is 0.335 e. The van der Waals surface area contributed by atoms with Crippen molar-refractivity contribution >= 4 is 11.6 Å². The van der Waals surface area contributed by atoms with E-state index in [0.29, 0.717) is 37.6 Å². The largest absolute Gasteiger partial charge is 0.493 e. The summed E-state index contributed by atoms with van der Waals surface area (Å²) in [5.74, 6) is -0.337. The highest BCUT2D eigenvalue weighted by atomic mass is 16.3. The molecular weight excluding hydrogens is 386 g/mol. The summed E-state index contributed by atoms with van der Waals surface area (Å²) in [5, 5.41) is 10.7. The predicted molar refractivity (Wildman–Crippen MR) is 115 cm³/mol. The molecule has 1 aromatic heterocycles. The SMILES string of the molecule is CC(=O)N1CCN(CCN=C(C)c2c(O)n(-c3ccccc3C)c(=O)[nH]c2=O)CC1. The highest BCUT2D eigenvalue weighted by molar-refractivity contribution is 6.00. The number of nitrogens with zero attached hydrogens (tertiary/aromatic N) is 4. The first kappa shape index (κ1) is 21.5. The molecule has 2 N–H and O–H groups in total. The van der Waals surface area contributed by atoms with Crippen LogP contribution in [0.4, 0.5) is 0 Å². The van der Waals surface area contributed by atoms with E-state index < -0.39 is 17.1 Å². The van der Waals surface area contributed by atoms with E-state index >= 15 is 0 Å². The minimum Gasteiger partial charge on any atom is -0.493 e. The molecule has 1 saturated heterocycles. The van der Waals surface area contributed by atoms with Crippen molar-refractivity contribution in [3.8, 4) is 11.6 Å². The number of hydrogen-bond acceptors (Lipinski definition) is 6. The van der Waals surface area contributed by atoms with Gasteiger partial charge in [0, 0.05) is 45.4 Å². The van der Waals surface area contributed by atoms with Crippen LogP contribution in [0.2, 0.25) is 0 Å². The molecule has 0 unspecified atom stereocenters. The Kier molecular flexibility index (Phi) is 6.51. The van der Waals surface area contributed by atoms with E-state index in [1.165, 1.54) is 0 Å². The summed E-state index contributed by atoms with van der Waals surface area (Å²) in [6.45, 7) is 9.09. The van der Waals surface area contributed by atoms with Gasteiger partial charge in [-0.2, -0.15) is 0 Å². The van der Waals surface area contributed by atoms with E-state index in [4.69, 9.17) is 0 Å². The van der Waals surface area contributed by atoms with E-state index in [1.54, 1.807) is 26.0 Å². The normalized spacial score (nSPS) is 15.4. The van der Waals surface area contributed by atoms with Gasteiger partial charge < -0.3 is 10.0 Å². The van der Waals surface area contributed by atoms with Crippen LogP contribution in [0.1, 0.15) is 25.0 Å². The topological polar surface area (TPSA) is 111 Å². The van der Waals surface area contributed by atoms with Crippen LogP contribution < -0.4 is 11.2 Å². The first-order valence-electron chi connectivity index (χ1n) is 9.93. The number of piperazine rings is 1. The Morgan fingerprint density at radius 2 is 1.80 bits per heavy atom. The molecule has 0 spiro atoms. The third-order valence-corrected chi connectivity index (χ3v) is 5.39. The number of aromatic amines is 1. The minimum atomic E-state index is -0.702. The molecule has 2 heterocycles. The fraction of sp³-hybridized carbons (Fsp3) is 0.429. The van der Waals surface area contributed by atoms with Crippen LogP contribution in [0.3, 0.4) is 0 Å². The second kappa shape index (κ2) is 9.08. The van der Waals surface area contributed by atoms with E-state index in [-0.39, 0.29) is 11.5 Å². The summed E-state index contributed by atoms with van der Waals surface area (Å²) in [5.41, 5.74) is 0.254. The lowest BCUT2D eigenvalue weighted by Gasteiger charge is -2.33. The molecule has 1 aromatic carbocycles. The van der Waals surface area contributed by atoms with Crippen LogP contribution in [0.25, 0.3) is 5.69 Å². The van der Waals surface area contributed by atoms with Gasteiger partial charge in [-0.05, 0) is 25.5 Å². The highest BCUT2D eigenvalue weighted by Gasteiger charge is 2.20. The van der Waals surface area contributed by atoms with Crippen LogP contribution in [-0.2, 0) is 4.79 Å². The molecular formula is C21H27N5O4. The third kappa shape index (κ3) is 4.51. The second-order valence-corrected chi connectivity index (χ2v) is 7.39. The van der Waals surface area contributed by atoms with E-state index in [1.807, 2.05) is 24.0 Å². The van der Waals surface area contributed by atoms with Gasteiger partial charge in [0.2, 0.25) is 11.8 Å². The summed E-state index contributed by atoms with van der Waals surface area (Å²) in [6.07, 6.45) is 0. The van der Waals surface area contributed by atoms with Crippen molar-refractivity contribution in [1.29, 1.82) is 0 Å². The number of carbonyl (C=O) groups excluding carboxylic acids is 1. The Bertz CT molecular complexity index is 1080. The van der Waals surface area contributed by atoms with Gasteiger partial charge in [-0.25, -0.2) is 9.36 Å². The van der Waals surface area contributed by atoms with Crippen molar-refractivity contribution in [3.63, 3.8) is 0 Å². The van der Waals surface area contributed by atoms with E-state index in [2.05, 4.69) is 14.9 Å². The number of para-hydroxylation sites is 1. The maximum Gasteiger partial charge on any atom is 0.335 e. The van der Waals surface area contributed by atoms with Crippen LogP contribution in [0.15, 0.2) is 38.8 Å². The number of aliphatic imine (C=N–C) groups is 1. The van der Waals surface area contributed by atoms with Crippen LogP contribution in [-0.4, -0.2) is 75.3 Å². The number of H-pyrrole nitrogens is 1. The molecule has 30 heavy (non-hydrogen) atoms. The number of rotatable bonds is 5. The minimum absolute atomic E-state index is 0.0146. The predicted octanol–water partition coefficient (Wildman–Crippen LogP) is 0.513. The molecule has 0 radical (unpaired) electrons. The number of nitrogens with one attached hydrogen (secondary N) is 1. The number of benzene rings is 1. The lowest BCUT2D eigenvalue weighted by Crippen LogP contribution is -2.48. The van der Waals surface area contributed by atoms with Crippen molar-refractivity contribution in [2.45, 2.75) is 20.8 Å². The molecule has 2 aromatic rings. The van der Waals surface area contributed by atoms with Gasteiger partial charge in [0.1, 0.15) is 5.56 Å². The van der Waals surface area contributed by atoms with Gasteiger partial charge in [0.05, 0.1) is 12.2 Å². The van der Waals surface area contributed by atoms with Crippen LogP contribution in [0.5, 0.6) is 5.88 Å². The molecule has 1 fully saturated rings. The molecule has 1 amide bonds. The molecule has 0 bridgehead atoms. The zero-order valence-electron chi connectivity index (χ0n) is 17.5. The third-order valence-electron chi connectivity index (χ3n) is 5.39. The summed E-state index contributed by atoms with van der Waals surface area (Å²) >= 11 is 0. The monoisotopic (exact) mass is 413 g/mol.